The van der Waals surface area contributed by atoms with Crippen molar-refractivity contribution in [2.75, 3.05) is 19.6 Å². The summed E-state index contributed by atoms with van der Waals surface area (Å²) in [5.74, 6) is 0. The van der Waals surface area contributed by atoms with Crippen LogP contribution in [0.2, 0.25) is 0 Å². The highest BCUT2D eigenvalue weighted by atomic mass is 15.1. The van der Waals surface area contributed by atoms with Crippen LogP contribution in [-0.4, -0.2) is 30.6 Å². The Morgan fingerprint density at radius 3 is 2.42 bits per heavy atom. The molecule has 1 atom stereocenters. The summed E-state index contributed by atoms with van der Waals surface area (Å²) >= 11 is 0. The van der Waals surface area contributed by atoms with Crippen LogP contribution in [0.15, 0.2) is 30.3 Å². The van der Waals surface area contributed by atoms with Crippen LogP contribution in [0.4, 0.5) is 0 Å². The minimum absolute atomic E-state index is 0.723. The Hall–Kier alpha value is -0.860. The van der Waals surface area contributed by atoms with Crippen LogP contribution >= 0.6 is 0 Å². The van der Waals surface area contributed by atoms with Gasteiger partial charge in [-0.25, -0.2) is 0 Å². The van der Waals surface area contributed by atoms with Crippen molar-refractivity contribution in [3.05, 3.63) is 35.9 Å². The zero-order valence-electron chi connectivity index (χ0n) is 12.3. The van der Waals surface area contributed by atoms with Gasteiger partial charge in [-0.3, -0.25) is 0 Å². The molecule has 19 heavy (non-hydrogen) atoms. The van der Waals surface area contributed by atoms with E-state index in [9.17, 15) is 0 Å². The molecular weight excluding hydrogens is 232 g/mol. The highest BCUT2D eigenvalue weighted by Gasteiger charge is 2.14. The first-order chi connectivity index (χ1) is 9.36. The van der Waals surface area contributed by atoms with Crippen molar-refractivity contribution in [1.82, 2.24) is 10.2 Å². The molecule has 1 aromatic carbocycles. The van der Waals surface area contributed by atoms with E-state index < -0.39 is 0 Å². The molecule has 1 aromatic rings. The maximum atomic E-state index is 3.56. The Bertz CT molecular complexity index is 328. The van der Waals surface area contributed by atoms with Crippen LogP contribution in [0.25, 0.3) is 0 Å². The zero-order valence-corrected chi connectivity index (χ0v) is 12.3. The van der Waals surface area contributed by atoms with Gasteiger partial charge in [-0.1, -0.05) is 43.2 Å². The van der Waals surface area contributed by atoms with Gasteiger partial charge in [-0.15, -0.1) is 0 Å². The third-order valence-corrected chi connectivity index (χ3v) is 4.17. The summed E-state index contributed by atoms with van der Waals surface area (Å²) in [6.45, 7) is 7.11. The normalized spacial score (nSPS) is 19.0. The van der Waals surface area contributed by atoms with Crippen LogP contribution in [0.3, 0.4) is 0 Å². The number of likely N-dealkylation sites (tertiary alicyclic amines) is 1. The first-order valence-corrected chi connectivity index (χ1v) is 7.85. The first-order valence-electron chi connectivity index (χ1n) is 7.85. The van der Waals surface area contributed by atoms with E-state index >= 15 is 0 Å². The summed E-state index contributed by atoms with van der Waals surface area (Å²) in [6, 6.07) is 11.4. The molecule has 1 fully saturated rings. The van der Waals surface area contributed by atoms with Gasteiger partial charge in [0, 0.05) is 12.6 Å². The summed E-state index contributed by atoms with van der Waals surface area (Å²) in [4.78, 5) is 2.68. The number of nitrogens with zero attached hydrogens (tertiary/aromatic N) is 1. The molecule has 0 radical (unpaired) electrons. The lowest BCUT2D eigenvalue weighted by atomic mass is 10.2. The van der Waals surface area contributed by atoms with Gasteiger partial charge < -0.3 is 10.2 Å². The fourth-order valence-electron chi connectivity index (χ4n) is 2.86. The molecule has 1 N–H and O–H groups in total. The van der Waals surface area contributed by atoms with Crippen molar-refractivity contribution in [2.24, 2.45) is 0 Å². The Kier molecular flexibility index (Phi) is 6.38. The summed E-state index contributed by atoms with van der Waals surface area (Å²) in [6.07, 6.45) is 6.89. The van der Waals surface area contributed by atoms with Gasteiger partial charge in [0.15, 0.2) is 0 Å². The minimum atomic E-state index is 0.723. The number of nitrogens with one attached hydrogen (secondary N) is 1. The van der Waals surface area contributed by atoms with E-state index in [1.54, 1.807) is 0 Å². The molecule has 0 aliphatic carbocycles. The minimum Gasteiger partial charge on any atom is -0.313 e. The highest BCUT2D eigenvalue weighted by Crippen LogP contribution is 2.13. The molecule has 0 aromatic heterocycles. The summed E-state index contributed by atoms with van der Waals surface area (Å²) < 4.78 is 0. The molecule has 0 spiro atoms. The van der Waals surface area contributed by atoms with Gasteiger partial charge in [-0.05, 0) is 51.4 Å². The molecule has 1 heterocycles. The number of benzene rings is 1. The molecule has 1 saturated heterocycles. The predicted octanol–water partition coefficient (Wildman–Crippen LogP) is 3.43. The van der Waals surface area contributed by atoms with E-state index in [-0.39, 0.29) is 0 Å². The third-order valence-electron chi connectivity index (χ3n) is 4.17. The topological polar surface area (TPSA) is 15.3 Å². The van der Waals surface area contributed by atoms with Crippen LogP contribution in [0, 0.1) is 0 Å². The highest BCUT2D eigenvalue weighted by molar-refractivity contribution is 5.14. The molecule has 0 saturated carbocycles. The van der Waals surface area contributed by atoms with Crippen LogP contribution in [0.5, 0.6) is 0 Å². The second-order valence-corrected chi connectivity index (χ2v) is 5.75. The number of rotatable bonds is 6. The lowest BCUT2D eigenvalue weighted by Crippen LogP contribution is -2.36. The van der Waals surface area contributed by atoms with Crippen LogP contribution in [0.1, 0.15) is 44.6 Å². The monoisotopic (exact) mass is 260 g/mol. The molecule has 2 rings (SSSR count). The molecular formula is C17H28N2. The lowest BCUT2D eigenvalue weighted by molar-refractivity contribution is 0.206. The van der Waals surface area contributed by atoms with E-state index in [2.05, 4.69) is 47.5 Å². The molecule has 0 amide bonds. The summed E-state index contributed by atoms with van der Waals surface area (Å²) in [5.41, 5.74) is 1.38. The Labute approximate surface area is 118 Å². The van der Waals surface area contributed by atoms with Gasteiger partial charge in [0.05, 0.1) is 0 Å². The second kappa shape index (κ2) is 8.34. The van der Waals surface area contributed by atoms with Gasteiger partial charge in [0.25, 0.3) is 0 Å². The van der Waals surface area contributed by atoms with E-state index in [4.69, 9.17) is 0 Å². The molecule has 2 heteroatoms. The van der Waals surface area contributed by atoms with E-state index in [1.165, 1.54) is 50.8 Å². The number of hydrogen-bond donors (Lipinski definition) is 1. The van der Waals surface area contributed by atoms with Crippen molar-refractivity contribution < 1.29 is 0 Å². The van der Waals surface area contributed by atoms with E-state index in [0.29, 0.717) is 0 Å². The van der Waals surface area contributed by atoms with Crippen molar-refractivity contribution in [3.63, 3.8) is 0 Å². The Morgan fingerprint density at radius 1 is 1.05 bits per heavy atom. The predicted molar refractivity (Wildman–Crippen MR) is 82.3 cm³/mol. The van der Waals surface area contributed by atoms with Crippen LogP contribution in [-0.2, 0) is 6.54 Å². The fourth-order valence-corrected chi connectivity index (χ4v) is 2.86. The van der Waals surface area contributed by atoms with Crippen molar-refractivity contribution in [1.29, 1.82) is 0 Å². The Morgan fingerprint density at radius 2 is 1.74 bits per heavy atom. The van der Waals surface area contributed by atoms with E-state index in [0.717, 1.165) is 19.1 Å². The lowest BCUT2D eigenvalue weighted by Gasteiger charge is -2.27. The maximum Gasteiger partial charge on any atom is 0.0205 e. The average Bonchev–Trinajstić information content (AvgIpc) is 2.73. The average molecular weight is 260 g/mol. The summed E-state index contributed by atoms with van der Waals surface area (Å²) in [7, 11) is 0. The smallest absolute Gasteiger partial charge is 0.0205 e. The molecule has 1 unspecified atom stereocenters. The molecule has 0 bridgehead atoms. The zero-order chi connectivity index (χ0) is 13.3. The van der Waals surface area contributed by atoms with E-state index in [1.807, 2.05) is 0 Å². The standard InChI is InChI=1S/C17H28N2/c1-16(19-13-7-2-3-8-14-19)11-12-18-15-17-9-5-4-6-10-17/h4-6,9-10,16,18H,2-3,7-8,11-15H2,1H3. The quantitative estimate of drug-likeness (QED) is 0.788. The largest absolute Gasteiger partial charge is 0.313 e. The van der Waals surface area contributed by atoms with Crippen molar-refractivity contribution in [2.45, 2.75) is 51.6 Å². The summed E-state index contributed by atoms with van der Waals surface area (Å²) in [5, 5.41) is 3.56. The molecule has 1 aliphatic heterocycles. The van der Waals surface area contributed by atoms with Gasteiger partial charge in [0.2, 0.25) is 0 Å². The van der Waals surface area contributed by atoms with Crippen LogP contribution < -0.4 is 5.32 Å². The Balaban J connectivity index is 1.62. The first kappa shape index (κ1) is 14.5. The van der Waals surface area contributed by atoms with Crippen molar-refractivity contribution >= 4 is 0 Å². The van der Waals surface area contributed by atoms with Gasteiger partial charge in [0.1, 0.15) is 0 Å². The maximum absolute atomic E-state index is 3.56. The van der Waals surface area contributed by atoms with Crippen molar-refractivity contribution in [3.8, 4) is 0 Å². The molecule has 106 valence electrons. The second-order valence-electron chi connectivity index (χ2n) is 5.75. The number of hydrogen-bond acceptors (Lipinski definition) is 2. The third kappa shape index (κ3) is 5.33. The SMILES string of the molecule is CC(CCNCc1ccccc1)N1CCCCCC1. The van der Waals surface area contributed by atoms with Gasteiger partial charge in [-0.2, -0.15) is 0 Å². The fraction of sp³-hybridized carbons (Fsp3) is 0.647. The molecule has 2 nitrogen and oxygen atoms in total. The molecule has 1 aliphatic rings. The van der Waals surface area contributed by atoms with Gasteiger partial charge >= 0.3 is 0 Å².